The minimum Gasteiger partial charge on any atom is -0.383 e. The summed E-state index contributed by atoms with van der Waals surface area (Å²) in [6.45, 7) is 8.76. The summed E-state index contributed by atoms with van der Waals surface area (Å²) in [6.07, 6.45) is 6.10. The third-order valence-corrected chi connectivity index (χ3v) is 4.40. The lowest BCUT2D eigenvalue weighted by molar-refractivity contribution is 0.0238. The van der Waals surface area contributed by atoms with Crippen molar-refractivity contribution >= 4 is 0 Å². The molecule has 0 saturated carbocycles. The van der Waals surface area contributed by atoms with Gasteiger partial charge < -0.3 is 19.7 Å². The third kappa shape index (κ3) is 5.38. The number of likely N-dealkylation sites (tertiary alicyclic amines) is 1. The molecule has 4 heteroatoms. The Morgan fingerprint density at radius 1 is 1.21 bits per heavy atom. The van der Waals surface area contributed by atoms with Crippen LogP contribution in [0.25, 0.3) is 0 Å². The first kappa shape index (κ1) is 15.2. The lowest BCUT2D eigenvalue weighted by Crippen LogP contribution is -2.41. The number of rotatable bonds is 7. The molecule has 2 heterocycles. The Bertz CT molecular complexity index is 242. The van der Waals surface area contributed by atoms with E-state index < -0.39 is 0 Å². The van der Waals surface area contributed by atoms with E-state index in [1.165, 1.54) is 38.8 Å². The van der Waals surface area contributed by atoms with E-state index in [2.05, 4.69) is 17.1 Å². The van der Waals surface area contributed by atoms with E-state index in [0.717, 1.165) is 32.2 Å². The van der Waals surface area contributed by atoms with Gasteiger partial charge in [-0.2, -0.15) is 0 Å². The number of hydrogen-bond acceptors (Lipinski definition) is 4. The highest BCUT2D eigenvalue weighted by atomic mass is 16.5. The number of nitrogens with zero attached hydrogens (tertiary/aromatic N) is 1. The topological polar surface area (TPSA) is 33.7 Å². The summed E-state index contributed by atoms with van der Waals surface area (Å²) in [4.78, 5) is 2.59. The van der Waals surface area contributed by atoms with Crippen LogP contribution in [0.5, 0.6) is 0 Å². The number of piperidine rings is 1. The normalized spacial score (nSPS) is 30.0. The standard InChI is InChI=1S/C15H30N2O2/c1-13-3-4-15(19-13)12-17-8-5-14(6-9-17)11-16-7-10-18-2/h13-16H,3-12H2,1-2H3. The van der Waals surface area contributed by atoms with Crippen LogP contribution in [0.1, 0.15) is 32.6 Å². The predicted octanol–water partition coefficient (Wildman–Crippen LogP) is 1.50. The van der Waals surface area contributed by atoms with Crippen LogP contribution < -0.4 is 5.32 Å². The van der Waals surface area contributed by atoms with Gasteiger partial charge in [0.25, 0.3) is 0 Å². The second-order valence-electron chi connectivity index (χ2n) is 6.09. The molecular formula is C15H30N2O2. The molecular weight excluding hydrogens is 240 g/mol. The molecule has 0 spiro atoms. The van der Waals surface area contributed by atoms with Crippen LogP contribution in [0, 0.1) is 5.92 Å². The average Bonchev–Trinajstić information content (AvgIpc) is 2.82. The zero-order valence-corrected chi connectivity index (χ0v) is 12.6. The number of nitrogens with one attached hydrogen (secondary N) is 1. The van der Waals surface area contributed by atoms with Crippen molar-refractivity contribution in [1.29, 1.82) is 0 Å². The van der Waals surface area contributed by atoms with E-state index in [-0.39, 0.29) is 0 Å². The van der Waals surface area contributed by atoms with Gasteiger partial charge in [-0.15, -0.1) is 0 Å². The summed E-state index contributed by atoms with van der Waals surface area (Å²) >= 11 is 0. The predicted molar refractivity (Wildman–Crippen MR) is 77.5 cm³/mol. The minimum atomic E-state index is 0.479. The Kier molecular flexibility index (Phi) is 6.57. The summed E-state index contributed by atoms with van der Waals surface area (Å²) in [5.41, 5.74) is 0. The Hall–Kier alpha value is -0.160. The molecule has 1 N–H and O–H groups in total. The highest BCUT2D eigenvalue weighted by molar-refractivity contribution is 4.79. The van der Waals surface area contributed by atoms with E-state index in [1.54, 1.807) is 7.11 Å². The first-order valence-electron chi connectivity index (χ1n) is 7.85. The van der Waals surface area contributed by atoms with Crippen LogP contribution in [0.2, 0.25) is 0 Å². The fourth-order valence-electron chi connectivity index (χ4n) is 3.16. The van der Waals surface area contributed by atoms with Gasteiger partial charge in [0, 0.05) is 20.2 Å². The van der Waals surface area contributed by atoms with Gasteiger partial charge in [-0.1, -0.05) is 0 Å². The molecule has 0 bridgehead atoms. The van der Waals surface area contributed by atoms with Crippen LogP contribution in [0.15, 0.2) is 0 Å². The quantitative estimate of drug-likeness (QED) is 0.711. The van der Waals surface area contributed by atoms with Crippen LogP contribution >= 0.6 is 0 Å². The Balaban J connectivity index is 1.55. The second kappa shape index (κ2) is 8.20. The Labute approximate surface area is 117 Å². The highest BCUT2D eigenvalue weighted by Gasteiger charge is 2.26. The monoisotopic (exact) mass is 270 g/mol. The lowest BCUT2D eigenvalue weighted by Gasteiger charge is -2.33. The van der Waals surface area contributed by atoms with Crippen molar-refractivity contribution in [1.82, 2.24) is 10.2 Å². The largest absolute Gasteiger partial charge is 0.383 e. The fourth-order valence-corrected chi connectivity index (χ4v) is 3.16. The van der Waals surface area contributed by atoms with Crippen molar-refractivity contribution < 1.29 is 9.47 Å². The molecule has 2 fully saturated rings. The molecule has 2 saturated heterocycles. The molecule has 2 unspecified atom stereocenters. The first-order chi connectivity index (χ1) is 9.28. The van der Waals surface area contributed by atoms with Gasteiger partial charge in [0.15, 0.2) is 0 Å². The van der Waals surface area contributed by atoms with Gasteiger partial charge in [-0.3, -0.25) is 0 Å². The molecule has 0 aliphatic carbocycles. The fraction of sp³-hybridized carbons (Fsp3) is 1.00. The maximum Gasteiger partial charge on any atom is 0.0706 e. The lowest BCUT2D eigenvalue weighted by atomic mass is 9.96. The van der Waals surface area contributed by atoms with Crippen molar-refractivity contribution in [2.45, 2.75) is 44.8 Å². The van der Waals surface area contributed by atoms with E-state index in [4.69, 9.17) is 9.47 Å². The van der Waals surface area contributed by atoms with Gasteiger partial charge in [0.2, 0.25) is 0 Å². The molecule has 0 aromatic carbocycles. The van der Waals surface area contributed by atoms with Crippen molar-refractivity contribution in [3.63, 3.8) is 0 Å². The summed E-state index contributed by atoms with van der Waals surface area (Å²) in [5.74, 6) is 0.844. The maximum absolute atomic E-state index is 5.91. The first-order valence-corrected chi connectivity index (χ1v) is 7.85. The van der Waals surface area contributed by atoms with E-state index in [0.29, 0.717) is 12.2 Å². The zero-order chi connectivity index (χ0) is 13.5. The molecule has 2 aliphatic heterocycles. The summed E-state index contributed by atoms with van der Waals surface area (Å²) in [5, 5.41) is 3.48. The Morgan fingerprint density at radius 3 is 2.63 bits per heavy atom. The third-order valence-electron chi connectivity index (χ3n) is 4.40. The van der Waals surface area contributed by atoms with E-state index in [1.807, 2.05) is 0 Å². The molecule has 0 aromatic heterocycles. The molecule has 19 heavy (non-hydrogen) atoms. The van der Waals surface area contributed by atoms with Gasteiger partial charge in [0.05, 0.1) is 18.8 Å². The SMILES string of the molecule is COCCNCC1CCN(CC2CCC(C)O2)CC1. The van der Waals surface area contributed by atoms with Crippen LogP contribution in [0.3, 0.4) is 0 Å². The smallest absolute Gasteiger partial charge is 0.0706 e. The van der Waals surface area contributed by atoms with Crippen molar-refractivity contribution in [3.8, 4) is 0 Å². The number of ether oxygens (including phenoxy) is 2. The molecule has 2 rings (SSSR count). The number of methoxy groups -OCH3 is 1. The maximum atomic E-state index is 5.91. The van der Waals surface area contributed by atoms with Gasteiger partial charge in [-0.05, 0) is 58.2 Å². The average molecular weight is 270 g/mol. The molecule has 2 atom stereocenters. The van der Waals surface area contributed by atoms with Crippen molar-refractivity contribution in [3.05, 3.63) is 0 Å². The van der Waals surface area contributed by atoms with Crippen LogP contribution in [-0.2, 0) is 9.47 Å². The molecule has 0 radical (unpaired) electrons. The minimum absolute atomic E-state index is 0.479. The summed E-state index contributed by atoms with van der Waals surface area (Å²) in [7, 11) is 1.76. The molecule has 0 amide bonds. The van der Waals surface area contributed by atoms with E-state index >= 15 is 0 Å². The molecule has 0 aromatic rings. The van der Waals surface area contributed by atoms with Crippen molar-refractivity contribution in [2.24, 2.45) is 5.92 Å². The highest BCUT2D eigenvalue weighted by Crippen LogP contribution is 2.22. The van der Waals surface area contributed by atoms with Crippen LogP contribution in [-0.4, -0.2) is 63.5 Å². The van der Waals surface area contributed by atoms with Gasteiger partial charge in [-0.25, -0.2) is 0 Å². The van der Waals surface area contributed by atoms with Gasteiger partial charge >= 0.3 is 0 Å². The Morgan fingerprint density at radius 2 is 2.00 bits per heavy atom. The van der Waals surface area contributed by atoms with Crippen molar-refractivity contribution in [2.75, 3.05) is 46.4 Å². The zero-order valence-electron chi connectivity index (χ0n) is 12.6. The molecule has 4 nitrogen and oxygen atoms in total. The summed E-state index contributed by atoms with van der Waals surface area (Å²) in [6, 6.07) is 0. The van der Waals surface area contributed by atoms with Gasteiger partial charge in [0.1, 0.15) is 0 Å². The van der Waals surface area contributed by atoms with Crippen LogP contribution in [0.4, 0.5) is 0 Å². The molecule has 112 valence electrons. The summed E-state index contributed by atoms with van der Waals surface area (Å²) < 4.78 is 11.0. The molecule has 2 aliphatic rings. The van der Waals surface area contributed by atoms with E-state index in [9.17, 15) is 0 Å². The number of hydrogen-bond donors (Lipinski definition) is 1. The second-order valence-corrected chi connectivity index (χ2v) is 6.09.